The molecule has 0 aliphatic carbocycles. The number of sulfonamides is 1. The number of amides is 1. The standard InChI is InChI=1S/C22H20N4O6S/c1-32-19-13-11-17(12-14-19)15-23-24-22(27)16-25(18-7-3-2-4-8-18)33(30,31)21-10-6-5-9-20(21)26(28)29/h2-15H,16H2,1H3,(H,24,27)/b23-15-. The van der Waals surface area contributed by atoms with Crippen LogP contribution in [-0.4, -0.2) is 39.1 Å². The van der Waals surface area contributed by atoms with Gasteiger partial charge in [0.1, 0.15) is 12.3 Å². The van der Waals surface area contributed by atoms with Crippen LogP contribution in [-0.2, 0) is 14.8 Å². The molecule has 0 aromatic heterocycles. The van der Waals surface area contributed by atoms with Gasteiger partial charge in [0.15, 0.2) is 4.90 Å². The van der Waals surface area contributed by atoms with Crippen LogP contribution < -0.4 is 14.5 Å². The third kappa shape index (κ3) is 5.71. The number of hydrazone groups is 1. The molecule has 10 nitrogen and oxygen atoms in total. The molecular weight excluding hydrogens is 448 g/mol. The molecule has 0 atom stereocenters. The highest BCUT2D eigenvalue weighted by atomic mass is 32.2. The summed E-state index contributed by atoms with van der Waals surface area (Å²) in [6, 6.07) is 19.7. The number of hydrogen-bond acceptors (Lipinski definition) is 7. The van der Waals surface area contributed by atoms with Gasteiger partial charge >= 0.3 is 0 Å². The molecule has 33 heavy (non-hydrogen) atoms. The molecule has 1 amide bonds. The molecule has 0 heterocycles. The van der Waals surface area contributed by atoms with E-state index in [1.807, 2.05) is 0 Å². The first-order valence-corrected chi connectivity index (χ1v) is 11.0. The third-order valence-corrected chi connectivity index (χ3v) is 6.30. The minimum absolute atomic E-state index is 0.171. The van der Waals surface area contributed by atoms with E-state index < -0.39 is 38.0 Å². The van der Waals surface area contributed by atoms with E-state index >= 15 is 0 Å². The SMILES string of the molecule is COc1ccc(/C=N\NC(=O)CN(c2ccccc2)S(=O)(=O)c2ccccc2[N+](=O)[O-])cc1. The predicted octanol–water partition coefficient (Wildman–Crippen LogP) is 2.95. The molecule has 3 rings (SSSR count). The van der Waals surface area contributed by atoms with Gasteiger partial charge in [-0.3, -0.25) is 19.2 Å². The maximum Gasteiger partial charge on any atom is 0.289 e. The fraction of sp³-hybridized carbons (Fsp3) is 0.0909. The summed E-state index contributed by atoms with van der Waals surface area (Å²) in [5.74, 6) is -0.0688. The number of nitrogens with one attached hydrogen (secondary N) is 1. The predicted molar refractivity (Wildman–Crippen MR) is 123 cm³/mol. The van der Waals surface area contributed by atoms with Crippen molar-refractivity contribution in [2.75, 3.05) is 18.0 Å². The molecule has 1 N–H and O–H groups in total. The van der Waals surface area contributed by atoms with Gasteiger partial charge in [-0.25, -0.2) is 13.8 Å². The van der Waals surface area contributed by atoms with Crippen molar-refractivity contribution in [3.8, 4) is 5.75 Å². The van der Waals surface area contributed by atoms with E-state index in [9.17, 15) is 23.3 Å². The highest BCUT2D eigenvalue weighted by molar-refractivity contribution is 7.93. The number of nitrogens with zero attached hydrogens (tertiary/aromatic N) is 3. The van der Waals surface area contributed by atoms with Crippen LogP contribution in [0.25, 0.3) is 0 Å². The summed E-state index contributed by atoms with van der Waals surface area (Å²) in [6.07, 6.45) is 1.39. The number of nitro benzene ring substituents is 1. The summed E-state index contributed by atoms with van der Waals surface area (Å²) in [5, 5.41) is 15.2. The lowest BCUT2D eigenvalue weighted by molar-refractivity contribution is -0.387. The zero-order valence-corrected chi connectivity index (χ0v) is 18.3. The van der Waals surface area contributed by atoms with E-state index in [4.69, 9.17) is 4.74 Å². The molecule has 3 aromatic rings. The van der Waals surface area contributed by atoms with Crippen molar-refractivity contribution in [3.63, 3.8) is 0 Å². The van der Waals surface area contributed by atoms with Crippen molar-refractivity contribution < 1.29 is 22.9 Å². The van der Waals surface area contributed by atoms with Gasteiger partial charge in [0, 0.05) is 6.07 Å². The summed E-state index contributed by atoms with van der Waals surface area (Å²) in [4.78, 5) is 22.6. The van der Waals surface area contributed by atoms with Crippen LogP contribution in [0.15, 0.2) is 88.9 Å². The van der Waals surface area contributed by atoms with Gasteiger partial charge in [-0.2, -0.15) is 5.10 Å². The smallest absolute Gasteiger partial charge is 0.289 e. The highest BCUT2D eigenvalue weighted by Crippen LogP contribution is 2.29. The average molecular weight is 468 g/mol. The second-order valence-electron chi connectivity index (χ2n) is 6.64. The molecule has 170 valence electrons. The molecule has 0 saturated heterocycles. The van der Waals surface area contributed by atoms with E-state index in [0.717, 1.165) is 16.4 Å². The molecule has 3 aromatic carbocycles. The zero-order chi connectivity index (χ0) is 23.8. The van der Waals surface area contributed by atoms with Crippen LogP contribution in [0.3, 0.4) is 0 Å². The molecule has 0 unspecified atom stereocenters. The summed E-state index contributed by atoms with van der Waals surface area (Å²) < 4.78 is 32.6. The first-order valence-electron chi connectivity index (χ1n) is 9.60. The number of methoxy groups -OCH3 is 1. The average Bonchev–Trinajstić information content (AvgIpc) is 2.83. The number of benzene rings is 3. The van der Waals surface area contributed by atoms with Gasteiger partial charge in [-0.1, -0.05) is 30.3 Å². The molecule has 0 spiro atoms. The van der Waals surface area contributed by atoms with Gasteiger partial charge in [0.05, 0.1) is 23.9 Å². The van der Waals surface area contributed by atoms with Crippen LogP contribution >= 0.6 is 0 Å². The minimum atomic E-state index is -4.44. The van der Waals surface area contributed by atoms with Crippen LogP contribution in [0, 0.1) is 10.1 Å². The number of anilines is 1. The molecule has 0 aliphatic rings. The first-order chi connectivity index (χ1) is 15.8. The summed E-state index contributed by atoms with van der Waals surface area (Å²) in [5.41, 5.74) is 2.55. The van der Waals surface area contributed by atoms with E-state index in [2.05, 4.69) is 10.5 Å². The summed E-state index contributed by atoms with van der Waals surface area (Å²) in [7, 11) is -2.90. The highest BCUT2D eigenvalue weighted by Gasteiger charge is 2.32. The van der Waals surface area contributed by atoms with E-state index in [-0.39, 0.29) is 5.69 Å². The topological polar surface area (TPSA) is 131 Å². The molecular formula is C22H20N4O6S. The Balaban J connectivity index is 1.85. The Hall–Kier alpha value is -4.25. The van der Waals surface area contributed by atoms with Crippen molar-refractivity contribution in [2.24, 2.45) is 5.10 Å². The maximum atomic E-state index is 13.3. The lowest BCUT2D eigenvalue weighted by atomic mass is 10.2. The number of ether oxygens (including phenoxy) is 1. The van der Waals surface area contributed by atoms with Crippen molar-refractivity contribution in [3.05, 3.63) is 94.5 Å². The van der Waals surface area contributed by atoms with Gasteiger partial charge < -0.3 is 4.74 Å². The molecule has 0 aliphatic heterocycles. The lowest BCUT2D eigenvalue weighted by Crippen LogP contribution is -2.39. The van der Waals surface area contributed by atoms with Crippen LogP contribution in [0.1, 0.15) is 5.56 Å². The van der Waals surface area contributed by atoms with Crippen LogP contribution in [0.2, 0.25) is 0 Å². The molecule has 0 saturated carbocycles. The van der Waals surface area contributed by atoms with Crippen molar-refractivity contribution in [1.82, 2.24) is 5.43 Å². The van der Waals surface area contributed by atoms with Gasteiger partial charge in [0.2, 0.25) is 0 Å². The quantitative estimate of drug-likeness (QED) is 0.292. The summed E-state index contributed by atoms with van der Waals surface area (Å²) in [6.45, 7) is -0.641. The third-order valence-electron chi connectivity index (χ3n) is 4.48. The van der Waals surface area contributed by atoms with E-state index in [1.165, 1.54) is 30.5 Å². The Kier molecular flexibility index (Phi) is 7.36. The number of carbonyl (C=O) groups excluding carboxylic acids is 1. The molecule has 11 heteroatoms. The van der Waals surface area contributed by atoms with Gasteiger partial charge in [-0.15, -0.1) is 0 Å². The van der Waals surface area contributed by atoms with Crippen LogP contribution in [0.4, 0.5) is 11.4 Å². The number of hydrogen-bond donors (Lipinski definition) is 1. The van der Waals surface area contributed by atoms with Crippen molar-refractivity contribution in [1.29, 1.82) is 0 Å². The Morgan fingerprint density at radius 1 is 1.06 bits per heavy atom. The first kappa shape index (κ1) is 23.4. The molecule has 0 radical (unpaired) electrons. The lowest BCUT2D eigenvalue weighted by Gasteiger charge is -2.23. The second kappa shape index (κ2) is 10.4. The summed E-state index contributed by atoms with van der Waals surface area (Å²) >= 11 is 0. The van der Waals surface area contributed by atoms with Gasteiger partial charge in [-0.05, 0) is 48.0 Å². The fourth-order valence-electron chi connectivity index (χ4n) is 2.89. The van der Waals surface area contributed by atoms with Crippen molar-refractivity contribution >= 4 is 33.5 Å². The number of para-hydroxylation sites is 2. The number of nitro groups is 1. The Morgan fingerprint density at radius 2 is 1.70 bits per heavy atom. The normalized spacial score (nSPS) is 11.2. The Morgan fingerprint density at radius 3 is 2.33 bits per heavy atom. The zero-order valence-electron chi connectivity index (χ0n) is 17.5. The Bertz CT molecular complexity index is 1260. The van der Waals surface area contributed by atoms with Crippen molar-refractivity contribution in [2.45, 2.75) is 4.90 Å². The number of carbonyl (C=O) groups is 1. The van der Waals surface area contributed by atoms with Gasteiger partial charge in [0.25, 0.3) is 21.6 Å². The maximum absolute atomic E-state index is 13.3. The monoisotopic (exact) mass is 468 g/mol. The van der Waals surface area contributed by atoms with E-state index in [0.29, 0.717) is 11.3 Å². The molecule has 0 fully saturated rings. The fourth-order valence-corrected chi connectivity index (χ4v) is 4.47. The Labute approximate surface area is 190 Å². The second-order valence-corrected chi connectivity index (χ2v) is 8.47. The van der Waals surface area contributed by atoms with E-state index in [1.54, 1.807) is 49.6 Å². The molecule has 0 bridgehead atoms. The van der Waals surface area contributed by atoms with Crippen LogP contribution in [0.5, 0.6) is 5.75 Å². The minimum Gasteiger partial charge on any atom is -0.497 e. The largest absolute Gasteiger partial charge is 0.497 e. The number of rotatable bonds is 9.